The van der Waals surface area contributed by atoms with Crippen molar-refractivity contribution in [2.24, 2.45) is 0 Å². The number of carbonyl (C=O) groups is 1. The fourth-order valence-corrected chi connectivity index (χ4v) is 2.30. The summed E-state index contributed by atoms with van der Waals surface area (Å²) in [5, 5.41) is 3.66. The fraction of sp³-hybridized carbons (Fsp3) is 0.118. The number of nitrogens with one attached hydrogen (secondary N) is 2. The second-order valence-corrected chi connectivity index (χ2v) is 4.92. The maximum Gasteiger partial charge on any atom is 0.253 e. The molecule has 1 amide bonds. The molecule has 0 unspecified atom stereocenters. The maximum atomic E-state index is 12.8. The van der Waals surface area contributed by atoms with Crippen LogP contribution in [0.1, 0.15) is 15.9 Å². The number of benzene rings is 2. The number of hydrogen-bond acceptors (Lipinski definition) is 2. The van der Waals surface area contributed by atoms with Gasteiger partial charge in [0.05, 0.1) is 12.7 Å². The molecular formula is C17H15FN2O2. The van der Waals surface area contributed by atoms with E-state index in [1.54, 1.807) is 25.4 Å². The Labute approximate surface area is 126 Å². The number of halogens is 1. The van der Waals surface area contributed by atoms with Crippen molar-refractivity contribution in [1.82, 2.24) is 10.3 Å². The van der Waals surface area contributed by atoms with Crippen molar-refractivity contribution in [3.8, 4) is 5.75 Å². The maximum absolute atomic E-state index is 12.8. The van der Waals surface area contributed by atoms with Gasteiger partial charge in [0.25, 0.3) is 5.91 Å². The summed E-state index contributed by atoms with van der Waals surface area (Å²) in [4.78, 5) is 15.3. The summed E-state index contributed by atoms with van der Waals surface area (Å²) in [6.45, 7) is 0.349. The molecule has 5 heteroatoms. The van der Waals surface area contributed by atoms with E-state index in [1.165, 1.54) is 12.1 Å². The van der Waals surface area contributed by atoms with Gasteiger partial charge < -0.3 is 15.0 Å². The predicted molar refractivity (Wildman–Crippen MR) is 82.4 cm³/mol. The van der Waals surface area contributed by atoms with Gasteiger partial charge in [-0.3, -0.25) is 4.79 Å². The van der Waals surface area contributed by atoms with Crippen LogP contribution in [0.25, 0.3) is 10.9 Å². The molecule has 0 aliphatic rings. The zero-order valence-corrected chi connectivity index (χ0v) is 12.0. The summed E-state index contributed by atoms with van der Waals surface area (Å²) in [6, 6.07) is 11.5. The molecule has 112 valence electrons. The highest BCUT2D eigenvalue weighted by Crippen LogP contribution is 2.23. The first-order chi connectivity index (χ1) is 10.7. The monoisotopic (exact) mass is 298 g/mol. The van der Waals surface area contributed by atoms with Crippen LogP contribution in [0.2, 0.25) is 0 Å². The molecule has 0 aliphatic heterocycles. The Morgan fingerprint density at radius 2 is 2.00 bits per heavy atom. The summed E-state index contributed by atoms with van der Waals surface area (Å²) in [7, 11) is 1.60. The Bertz CT molecular complexity index is 809. The lowest BCUT2D eigenvalue weighted by atomic mass is 10.1. The number of aromatic amines is 1. The minimum atomic E-state index is -0.291. The highest BCUT2D eigenvalue weighted by atomic mass is 19.1. The summed E-state index contributed by atoms with van der Waals surface area (Å²) in [5.41, 5.74) is 2.25. The Balaban J connectivity index is 1.76. The number of methoxy groups -OCH3 is 1. The molecule has 22 heavy (non-hydrogen) atoms. The molecule has 3 aromatic rings. The highest BCUT2D eigenvalue weighted by molar-refractivity contribution is 6.06. The van der Waals surface area contributed by atoms with E-state index in [2.05, 4.69) is 10.3 Å². The van der Waals surface area contributed by atoms with Gasteiger partial charge in [0.1, 0.15) is 11.6 Å². The fourth-order valence-electron chi connectivity index (χ4n) is 2.30. The molecule has 0 bridgehead atoms. The average Bonchev–Trinajstić information content (AvgIpc) is 2.97. The van der Waals surface area contributed by atoms with Gasteiger partial charge in [0.15, 0.2) is 0 Å². The molecule has 0 saturated heterocycles. The lowest BCUT2D eigenvalue weighted by Gasteiger charge is -2.05. The zero-order chi connectivity index (χ0) is 15.5. The second kappa shape index (κ2) is 5.89. The van der Waals surface area contributed by atoms with Crippen molar-refractivity contribution in [1.29, 1.82) is 0 Å². The third kappa shape index (κ3) is 2.79. The van der Waals surface area contributed by atoms with Gasteiger partial charge in [-0.25, -0.2) is 4.39 Å². The van der Waals surface area contributed by atoms with Crippen LogP contribution in [0.15, 0.2) is 48.7 Å². The molecule has 0 atom stereocenters. The highest BCUT2D eigenvalue weighted by Gasteiger charge is 2.12. The lowest BCUT2D eigenvalue weighted by molar-refractivity contribution is 0.0952. The number of aromatic nitrogens is 1. The molecule has 0 spiro atoms. The van der Waals surface area contributed by atoms with E-state index < -0.39 is 0 Å². The molecule has 4 nitrogen and oxygen atoms in total. The molecule has 2 N–H and O–H groups in total. The lowest BCUT2D eigenvalue weighted by Crippen LogP contribution is -2.22. The summed E-state index contributed by atoms with van der Waals surface area (Å²) >= 11 is 0. The van der Waals surface area contributed by atoms with E-state index in [1.807, 2.05) is 18.2 Å². The number of ether oxygens (including phenoxy) is 1. The van der Waals surface area contributed by atoms with Gasteiger partial charge in [0, 0.05) is 29.7 Å². The van der Waals surface area contributed by atoms with E-state index >= 15 is 0 Å². The van der Waals surface area contributed by atoms with Crippen molar-refractivity contribution in [3.05, 3.63) is 65.6 Å². The minimum Gasteiger partial charge on any atom is -0.497 e. The molecule has 1 heterocycles. The van der Waals surface area contributed by atoms with Gasteiger partial charge in [0.2, 0.25) is 0 Å². The van der Waals surface area contributed by atoms with Gasteiger partial charge in [-0.05, 0) is 29.8 Å². The van der Waals surface area contributed by atoms with Crippen molar-refractivity contribution in [3.63, 3.8) is 0 Å². The van der Waals surface area contributed by atoms with Gasteiger partial charge >= 0.3 is 0 Å². The molecule has 0 saturated carbocycles. The number of fused-ring (bicyclic) bond motifs is 1. The van der Waals surface area contributed by atoms with Crippen LogP contribution in [-0.4, -0.2) is 18.0 Å². The third-order valence-electron chi connectivity index (χ3n) is 3.50. The van der Waals surface area contributed by atoms with Crippen molar-refractivity contribution >= 4 is 16.8 Å². The Morgan fingerprint density at radius 3 is 2.73 bits per heavy atom. The number of carbonyl (C=O) groups excluding carboxylic acids is 1. The molecule has 3 rings (SSSR count). The Kier molecular flexibility index (Phi) is 3.78. The van der Waals surface area contributed by atoms with E-state index in [0.717, 1.165) is 22.2 Å². The van der Waals surface area contributed by atoms with Gasteiger partial charge in [-0.1, -0.05) is 12.1 Å². The number of amides is 1. The molecule has 0 radical (unpaired) electrons. The van der Waals surface area contributed by atoms with Crippen LogP contribution in [-0.2, 0) is 6.54 Å². The molecule has 0 fully saturated rings. The summed E-state index contributed by atoms with van der Waals surface area (Å²) in [5.74, 6) is 0.258. The molecule has 2 aromatic carbocycles. The van der Waals surface area contributed by atoms with E-state index in [4.69, 9.17) is 4.74 Å². The quantitative estimate of drug-likeness (QED) is 0.777. The zero-order valence-electron chi connectivity index (χ0n) is 12.0. The third-order valence-corrected chi connectivity index (χ3v) is 3.50. The standard InChI is InChI=1S/C17H15FN2O2/c1-22-13-6-7-14-15(10-19-16(14)8-13)17(21)20-9-11-2-4-12(18)5-3-11/h2-8,10,19H,9H2,1H3,(H,20,21). The largest absolute Gasteiger partial charge is 0.497 e. The molecule has 1 aromatic heterocycles. The molecule has 0 aliphatic carbocycles. The Morgan fingerprint density at radius 1 is 1.23 bits per heavy atom. The van der Waals surface area contributed by atoms with Crippen molar-refractivity contribution in [2.75, 3.05) is 7.11 Å². The smallest absolute Gasteiger partial charge is 0.253 e. The van der Waals surface area contributed by atoms with Crippen molar-refractivity contribution in [2.45, 2.75) is 6.54 Å². The van der Waals surface area contributed by atoms with Crippen LogP contribution in [0.3, 0.4) is 0 Å². The van der Waals surface area contributed by atoms with Crippen LogP contribution in [0.5, 0.6) is 5.75 Å². The SMILES string of the molecule is COc1ccc2c(C(=O)NCc3ccc(F)cc3)c[nH]c2c1. The topological polar surface area (TPSA) is 54.1 Å². The molecular weight excluding hydrogens is 283 g/mol. The normalized spacial score (nSPS) is 10.6. The first-order valence-corrected chi connectivity index (χ1v) is 6.85. The number of rotatable bonds is 4. The number of H-pyrrole nitrogens is 1. The average molecular weight is 298 g/mol. The van der Waals surface area contributed by atoms with Crippen LogP contribution in [0, 0.1) is 5.82 Å². The van der Waals surface area contributed by atoms with Crippen LogP contribution >= 0.6 is 0 Å². The van der Waals surface area contributed by atoms with Gasteiger partial charge in [-0.2, -0.15) is 0 Å². The Hall–Kier alpha value is -2.82. The van der Waals surface area contributed by atoms with E-state index in [9.17, 15) is 9.18 Å². The van der Waals surface area contributed by atoms with Crippen LogP contribution < -0.4 is 10.1 Å². The predicted octanol–water partition coefficient (Wildman–Crippen LogP) is 3.25. The number of hydrogen-bond donors (Lipinski definition) is 2. The second-order valence-electron chi connectivity index (χ2n) is 4.92. The van der Waals surface area contributed by atoms with E-state index in [-0.39, 0.29) is 11.7 Å². The summed E-state index contributed by atoms with van der Waals surface area (Å²) in [6.07, 6.45) is 1.67. The minimum absolute atomic E-state index is 0.180. The van der Waals surface area contributed by atoms with Crippen molar-refractivity contribution < 1.29 is 13.9 Å². The summed E-state index contributed by atoms with van der Waals surface area (Å²) < 4.78 is 18.0. The first-order valence-electron chi connectivity index (χ1n) is 6.85. The first kappa shape index (κ1) is 14.1. The van der Waals surface area contributed by atoms with Crippen LogP contribution in [0.4, 0.5) is 4.39 Å². The van der Waals surface area contributed by atoms with Gasteiger partial charge in [-0.15, -0.1) is 0 Å². The van der Waals surface area contributed by atoms with E-state index in [0.29, 0.717) is 12.1 Å².